The zero-order valence-electron chi connectivity index (χ0n) is 25.2. The molecular formula is C42H34S. The summed E-state index contributed by atoms with van der Waals surface area (Å²) in [4.78, 5) is 0. The van der Waals surface area contributed by atoms with Gasteiger partial charge in [0.15, 0.2) is 0 Å². The Balaban J connectivity index is 1.59. The maximum Gasteiger partial charge on any atom is 0.0714 e. The molecule has 0 radical (unpaired) electrons. The molecule has 0 spiro atoms. The quantitative estimate of drug-likeness (QED) is 0.198. The fourth-order valence-electron chi connectivity index (χ4n) is 7.45. The van der Waals surface area contributed by atoms with Crippen molar-refractivity contribution < 1.29 is 0 Å². The van der Waals surface area contributed by atoms with E-state index in [9.17, 15) is 0 Å². The Morgan fingerprint density at radius 1 is 0.605 bits per heavy atom. The maximum absolute atomic E-state index is 4.37. The standard InChI is InChI=1S/C42H34S/c1-26(2)30-21-22-33-34-25-39-35(31-20-19-29(41(3,4)5)23-38(31)43-39)24-37(34)42(27-13-8-6-9-14-27,28-15-10-7-11-16-28)36-18-12-17-32(30)40(33)36/h6-25H,1H2,2-5H3. The highest BCUT2D eigenvalue weighted by Gasteiger charge is 2.44. The van der Waals surface area contributed by atoms with Gasteiger partial charge in [-0.05, 0) is 85.8 Å². The van der Waals surface area contributed by atoms with Gasteiger partial charge in [0.05, 0.1) is 5.41 Å². The van der Waals surface area contributed by atoms with Crippen LogP contribution >= 0.6 is 11.3 Å². The van der Waals surface area contributed by atoms with Crippen molar-refractivity contribution in [2.75, 3.05) is 0 Å². The topological polar surface area (TPSA) is 0 Å². The van der Waals surface area contributed by atoms with Crippen LogP contribution in [0.15, 0.2) is 128 Å². The molecule has 208 valence electrons. The molecule has 0 nitrogen and oxygen atoms in total. The van der Waals surface area contributed by atoms with E-state index in [-0.39, 0.29) is 5.41 Å². The highest BCUT2D eigenvalue weighted by Crippen LogP contribution is 2.57. The fraction of sp³-hybridized carbons (Fsp3) is 0.143. The smallest absolute Gasteiger partial charge is 0.0714 e. The Bertz CT molecular complexity index is 2180. The summed E-state index contributed by atoms with van der Waals surface area (Å²) in [5, 5.41) is 5.28. The largest absolute Gasteiger partial charge is 0.135 e. The molecule has 43 heavy (non-hydrogen) atoms. The summed E-state index contributed by atoms with van der Waals surface area (Å²) in [7, 11) is 0. The van der Waals surface area contributed by atoms with Crippen molar-refractivity contribution in [1.82, 2.24) is 0 Å². The van der Waals surface area contributed by atoms with Crippen molar-refractivity contribution >= 4 is 47.9 Å². The first-order chi connectivity index (χ1) is 20.8. The van der Waals surface area contributed by atoms with E-state index in [0.29, 0.717) is 0 Å². The molecule has 0 unspecified atom stereocenters. The van der Waals surface area contributed by atoms with Crippen LogP contribution in [0, 0.1) is 0 Å². The molecule has 0 amide bonds. The molecule has 1 aliphatic rings. The zero-order chi connectivity index (χ0) is 29.5. The average molecular weight is 571 g/mol. The minimum absolute atomic E-state index is 0.109. The highest BCUT2D eigenvalue weighted by atomic mass is 32.1. The van der Waals surface area contributed by atoms with Crippen molar-refractivity contribution in [2.45, 2.75) is 38.5 Å². The third-order valence-electron chi connectivity index (χ3n) is 9.49. The Morgan fingerprint density at radius 2 is 1.28 bits per heavy atom. The van der Waals surface area contributed by atoms with Crippen molar-refractivity contribution in [2.24, 2.45) is 0 Å². The third-order valence-corrected chi connectivity index (χ3v) is 10.6. The lowest BCUT2D eigenvalue weighted by molar-refractivity contribution is 0.591. The van der Waals surface area contributed by atoms with E-state index < -0.39 is 5.41 Å². The third kappa shape index (κ3) is 3.68. The average Bonchev–Trinajstić information content (AvgIpc) is 3.38. The Labute approximate surface area is 258 Å². The summed E-state index contributed by atoms with van der Waals surface area (Å²) in [5.41, 5.74) is 11.2. The van der Waals surface area contributed by atoms with Gasteiger partial charge in [0.2, 0.25) is 0 Å². The van der Waals surface area contributed by atoms with E-state index in [0.717, 1.165) is 5.57 Å². The molecule has 1 aromatic heterocycles. The van der Waals surface area contributed by atoms with Gasteiger partial charge in [-0.3, -0.25) is 0 Å². The summed E-state index contributed by atoms with van der Waals surface area (Å²) in [5.74, 6) is 0. The second kappa shape index (κ2) is 9.27. The van der Waals surface area contributed by atoms with Crippen LogP contribution in [-0.4, -0.2) is 0 Å². The number of thiophene rings is 1. The number of fused-ring (bicyclic) bond motifs is 5. The molecule has 0 aliphatic heterocycles. The zero-order valence-corrected chi connectivity index (χ0v) is 26.0. The summed E-state index contributed by atoms with van der Waals surface area (Å²) in [6, 6.07) is 45.9. The van der Waals surface area contributed by atoms with E-state index in [1.165, 1.54) is 75.5 Å². The maximum atomic E-state index is 4.37. The normalized spacial score (nSPS) is 13.9. The van der Waals surface area contributed by atoms with Crippen LogP contribution < -0.4 is 0 Å². The molecule has 6 aromatic carbocycles. The van der Waals surface area contributed by atoms with Crippen LogP contribution in [0.4, 0.5) is 0 Å². The summed E-state index contributed by atoms with van der Waals surface area (Å²) >= 11 is 1.92. The van der Waals surface area contributed by atoms with Gasteiger partial charge in [-0.2, -0.15) is 0 Å². The number of benzene rings is 6. The van der Waals surface area contributed by atoms with Crippen LogP contribution in [0.3, 0.4) is 0 Å². The fourth-order valence-corrected chi connectivity index (χ4v) is 8.61. The SMILES string of the molecule is C=C(C)c1ccc2c3c(cccc13)C(c1ccccc1)(c1ccccc1)c1cc3c(cc1-2)sc1cc(C(C)(C)C)ccc13. The van der Waals surface area contributed by atoms with Gasteiger partial charge in [-0.25, -0.2) is 0 Å². The molecule has 1 heterocycles. The molecule has 0 N–H and O–H groups in total. The second-order valence-corrected chi connectivity index (χ2v) is 14.2. The minimum Gasteiger partial charge on any atom is -0.135 e. The number of hydrogen-bond acceptors (Lipinski definition) is 1. The van der Waals surface area contributed by atoms with Crippen molar-refractivity contribution in [3.63, 3.8) is 0 Å². The molecule has 0 atom stereocenters. The van der Waals surface area contributed by atoms with E-state index in [2.05, 4.69) is 156 Å². The monoisotopic (exact) mass is 570 g/mol. The van der Waals surface area contributed by atoms with E-state index in [1.54, 1.807) is 0 Å². The minimum atomic E-state index is -0.480. The van der Waals surface area contributed by atoms with Gasteiger partial charge in [0.25, 0.3) is 0 Å². The molecular weight excluding hydrogens is 537 g/mol. The molecule has 0 saturated heterocycles. The van der Waals surface area contributed by atoms with Crippen molar-refractivity contribution in [3.8, 4) is 11.1 Å². The van der Waals surface area contributed by atoms with Crippen LogP contribution in [-0.2, 0) is 10.8 Å². The van der Waals surface area contributed by atoms with Crippen LogP contribution in [0.25, 0.3) is 47.6 Å². The number of hydrogen-bond donors (Lipinski definition) is 0. The van der Waals surface area contributed by atoms with E-state index in [1.807, 2.05) is 11.3 Å². The lowest BCUT2D eigenvalue weighted by Gasteiger charge is -2.42. The lowest BCUT2D eigenvalue weighted by Crippen LogP contribution is -2.34. The van der Waals surface area contributed by atoms with Crippen LogP contribution in [0.5, 0.6) is 0 Å². The summed E-state index contributed by atoms with van der Waals surface area (Å²) < 4.78 is 2.70. The lowest BCUT2D eigenvalue weighted by atomic mass is 9.59. The Hall–Kier alpha value is -4.46. The van der Waals surface area contributed by atoms with Crippen LogP contribution in [0.2, 0.25) is 0 Å². The summed E-state index contributed by atoms with van der Waals surface area (Å²) in [6.07, 6.45) is 0. The molecule has 8 rings (SSSR count). The molecule has 0 saturated carbocycles. The molecule has 1 aliphatic carbocycles. The first-order valence-corrected chi connectivity index (χ1v) is 15.9. The van der Waals surface area contributed by atoms with Crippen molar-refractivity contribution in [3.05, 3.63) is 161 Å². The predicted molar refractivity (Wildman–Crippen MR) is 188 cm³/mol. The number of allylic oxidation sites excluding steroid dienone is 1. The first kappa shape index (κ1) is 26.2. The van der Waals surface area contributed by atoms with Gasteiger partial charge < -0.3 is 0 Å². The Morgan fingerprint density at radius 3 is 1.93 bits per heavy atom. The van der Waals surface area contributed by atoms with Gasteiger partial charge in [-0.1, -0.05) is 136 Å². The van der Waals surface area contributed by atoms with Gasteiger partial charge in [0.1, 0.15) is 0 Å². The van der Waals surface area contributed by atoms with E-state index in [4.69, 9.17) is 0 Å². The van der Waals surface area contributed by atoms with Gasteiger partial charge >= 0.3 is 0 Å². The van der Waals surface area contributed by atoms with Crippen molar-refractivity contribution in [1.29, 1.82) is 0 Å². The van der Waals surface area contributed by atoms with Gasteiger partial charge in [-0.15, -0.1) is 11.3 Å². The predicted octanol–water partition coefficient (Wildman–Crippen LogP) is 11.9. The summed E-state index contributed by atoms with van der Waals surface area (Å²) in [6.45, 7) is 13.4. The molecule has 1 heteroatoms. The highest BCUT2D eigenvalue weighted by molar-refractivity contribution is 7.25. The molecule has 7 aromatic rings. The Kier molecular flexibility index (Phi) is 5.64. The second-order valence-electron chi connectivity index (χ2n) is 13.1. The van der Waals surface area contributed by atoms with Crippen LogP contribution in [0.1, 0.15) is 61.1 Å². The number of rotatable bonds is 3. The van der Waals surface area contributed by atoms with Gasteiger partial charge in [0, 0.05) is 20.2 Å². The molecule has 0 fully saturated rings. The first-order valence-electron chi connectivity index (χ1n) is 15.1. The van der Waals surface area contributed by atoms with E-state index >= 15 is 0 Å². The molecule has 0 bridgehead atoms.